The molecule has 3 amide bonds. The summed E-state index contributed by atoms with van der Waals surface area (Å²) in [6.07, 6.45) is 8.02. The summed E-state index contributed by atoms with van der Waals surface area (Å²) in [4.78, 5) is 43.1. The fraction of sp³-hybridized carbons (Fsp3) is 0.690. The predicted molar refractivity (Wildman–Crippen MR) is 147 cm³/mol. The van der Waals surface area contributed by atoms with Gasteiger partial charge in [-0.2, -0.15) is 0 Å². The molecule has 5 atom stereocenters. The Labute approximate surface area is 225 Å². The van der Waals surface area contributed by atoms with Crippen LogP contribution in [0.2, 0.25) is 0 Å². The van der Waals surface area contributed by atoms with Crippen molar-refractivity contribution in [2.24, 2.45) is 11.8 Å². The molecule has 3 fully saturated rings. The van der Waals surface area contributed by atoms with E-state index >= 15 is 0 Å². The number of carbonyl (C=O) groups excluding carboxylic acids is 3. The average Bonchev–Trinajstić information content (AvgIpc) is 3.46. The highest BCUT2D eigenvalue weighted by Gasteiger charge is 2.76. The highest BCUT2D eigenvalue weighted by molar-refractivity contribution is 8.02. The summed E-state index contributed by atoms with van der Waals surface area (Å²) >= 11 is 1.73. The van der Waals surface area contributed by atoms with Gasteiger partial charge in [-0.25, -0.2) is 0 Å². The molecule has 3 aliphatic rings. The smallest absolute Gasteiger partial charge is 0.244 e. The molecule has 2 bridgehead atoms. The molecule has 7 nitrogen and oxygen atoms in total. The molecule has 3 N–H and O–H groups in total. The van der Waals surface area contributed by atoms with Crippen LogP contribution in [0.1, 0.15) is 77.2 Å². The number of fused-ring (bicyclic) bond motifs is 1. The maximum atomic E-state index is 14.0. The minimum absolute atomic E-state index is 0.0355. The molecule has 0 radical (unpaired) electrons. The second-order valence-electron chi connectivity index (χ2n) is 11.1. The maximum Gasteiger partial charge on any atom is 0.244 e. The molecule has 0 aromatic heterocycles. The Balaban J connectivity index is 1.55. The monoisotopic (exact) mass is 529 g/mol. The zero-order chi connectivity index (χ0) is 26.5. The first kappa shape index (κ1) is 28.0. The second kappa shape index (κ2) is 12.2. The quantitative estimate of drug-likeness (QED) is 0.320. The van der Waals surface area contributed by atoms with Crippen LogP contribution >= 0.6 is 11.8 Å². The molecule has 3 heterocycles. The van der Waals surface area contributed by atoms with E-state index in [0.29, 0.717) is 19.6 Å². The molecule has 3 saturated heterocycles. The SMILES string of the molecule is CCCCCNC(=O)C1N(CCCCCCO)C(=O)[C@@H]2[C@H](C(=O)NCc3ccccc3)[C@]3(C)CCC12S3. The Morgan fingerprint density at radius 2 is 1.78 bits per heavy atom. The second-order valence-corrected chi connectivity index (χ2v) is 13.0. The molecule has 1 aromatic rings. The van der Waals surface area contributed by atoms with Crippen LogP contribution in [0.5, 0.6) is 0 Å². The van der Waals surface area contributed by atoms with E-state index in [2.05, 4.69) is 24.5 Å². The summed E-state index contributed by atoms with van der Waals surface area (Å²) < 4.78 is -0.907. The van der Waals surface area contributed by atoms with Crippen molar-refractivity contribution in [3.8, 4) is 0 Å². The largest absolute Gasteiger partial charge is 0.396 e. The van der Waals surface area contributed by atoms with Crippen molar-refractivity contribution < 1.29 is 19.5 Å². The molecular weight excluding hydrogens is 486 g/mol. The zero-order valence-corrected chi connectivity index (χ0v) is 23.2. The number of nitrogens with zero attached hydrogens (tertiary/aromatic N) is 1. The van der Waals surface area contributed by atoms with Gasteiger partial charge in [0.15, 0.2) is 0 Å². The van der Waals surface area contributed by atoms with Gasteiger partial charge in [0.05, 0.1) is 16.6 Å². The molecular formula is C29H43N3O4S. The van der Waals surface area contributed by atoms with E-state index in [1.807, 2.05) is 30.3 Å². The van der Waals surface area contributed by atoms with E-state index in [-0.39, 0.29) is 29.1 Å². The Morgan fingerprint density at radius 1 is 1.03 bits per heavy atom. The molecule has 0 aliphatic carbocycles. The minimum atomic E-state index is -0.555. The Bertz CT molecular complexity index is 960. The first-order valence-electron chi connectivity index (χ1n) is 14.1. The van der Waals surface area contributed by atoms with Gasteiger partial charge < -0.3 is 20.6 Å². The van der Waals surface area contributed by atoms with Crippen LogP contribution in [0.3, 0.4) is 0 Å². The zero-order valence-electron chi connectivity index (χ0n) is 22.3. The van der Waals surface area contributed by atoms with Gasteiger partial charge in [-0.15, -0.1) is 11.8 Å². The van der Waals surface area contributed by atoms with E-state index in [4.69, 9.17) is 5.11 Å². The third kappa shape index (κ3) is 5.56. The van der Waals surface area contributed by atoms with Gasteiger partial charge in [0.25, 0.3) is 0 Å². The third-order valence-electron chi connectivity index (χ3n) is 8.50. The third-order valence-corrected chi connectivity index (χ3v) is 10.5. The van der Waals surface area contributed by atoms with Crippen molar-refractivity contribution in [1.29, 1.82) is 0 Å². The van der Waals surface area contributed by atoms with Crippen LogP contribution in [0.4, 0.5) is 0 Å². The van der Waals surface area contributed by atoms with Crippen molar-refractivity contribution in [2.45, 2.75) is 93.7 Å². The summed E-state index contributed by atoms with van der Waals surface area (Å²) in [5.74, 6) is -1.10. The van der Waals surface area contributed by atoms with Gasteiger partial charge in [0, 0.05) is 31.0 Å². The summed E-state index contributed by atoms with van der Waals surface area (Å²) in [6.45, 7) is 5.99. The van der Waals surface area contributed by atoms with Crippen LogP contribution in [0, 0.1) is 11.8 Å². The van der Waals surface area contributed by atoms with Crippen LogP contribution in [0.25, 0.3) is 0 Å². The highest BCUT2D eigenvalue weighted by atomic mass is 32.2. The normalized spacial score (nSPS) is 30.0. The number of hydrogen-bond acceptors (Lipinski definition) is 5. The fourth-order valence-corrected chi connectivity index (χ4v) is 9.05. The average molecular weight is 530 g/mol. The van der Waals surface area contributed by atoms with Crippen molar-refractivity contribution in [2.75, 3.05) is 19.7 Å². The van der Waals surface area contributed by atoms with Crippen LogP contribution in [0.15, 0.2) is 30.3 Å². The Kier molecular flexibility index (Phi) is 9.22. The number of unbranched alkanes of at least 4 members (excludes halogenated alkanes) is 5. The summed E-state index contributed by atoms with van der Waals surface area (Å²) in [5, 5.41) is 15.3. The van der Waals surface area contributed by atoms with Crippen molar-refractivity contribution >= 4 is 29.5 Å². The van der Waals surface area contributed by atoms with E-state index in [0.717, 1.165) is 63.4 Å². The van der Waals surface area contributed by atoms with E-state index in [9.17, 15) is 14.4 Å². The van der Waals surface area contributed by atoms with Gasteiger partial charge in [0.2, 0.25) is 17.7 Å². The molecule has 4 rings (SSSR count). The number of amides is 3. The highest BCUT2D eigenvalue weighted by Crippen LogP contribution is 2.71. The molecule has 8 heteroatoms. The van der Waals surface area contributed by atoms with Gasteiger partial charge in [-0.1, -0.05) is 62.9 Å². The first-order chi connectivity index (χ1) is 17.9. The summed E-state index contributed by atoms with van der Waals surface area (Å²) in [5.41, 5.74) is 1.03. The Morgan fingerprint density at radius 3 is 2.51 bits per heavy atom. The van der Waals surface area contributed by atoms with Crippen LogP contribution < -0.4 is 10.6 Å². The standard InChI is InChI=1S/C29H43N3O4S/c1-3-4-10-17-30-26(35)24-29-16-15-28(2,37-29)22(25(34)31-20-21-13-8-7-9-14-21)23(29)27(36)32(24)18-11-5-6-12-19-33/h7-9,13-14,22-24,33H,3-6,10-12,15-20H2,1-2H3,(H,30,35)(H,31,34)/t22-,23+,24?,28+,29?/m1/s1. The molecule has 37 heavy (non-hydrogen) atoms. The van der Waals surface area contributed by atoms with Crippen molar-refractivity contribution in [3.05, 3.63) is 35.9 Å². The number of aliphatic hydroxyl groups excluding tert-OH is 1. The topological polar surface area (TPSA) is 98.7 Å². The number of thioether (sulfide) groups is 1. The van der Waals surface area contributed by atoms with E-state index < -0.39 is 22.6 Å². The molecule has 1 spiro atoms. The molecule has 1 aromatic carbocycles. The van der Waals surface area contributed by atoms with Gasteiger partial charge in [-0.05, 0) is 44.6 Å². The molecule has 3 aliphatic heterocycles. The number of carbonyl (C=O) groups is 3. The number of rotatable bonds is 14. The van der Waals surface area contributed by atoms with E-state index in [1.54, 1.807) is 16.7 Å². The predicted octanol–water partition coefficient (Wildman–Crippen LogP) is 3.64. The van der Waals surface area contributed by atoms with Gasteiger partial charge in [-0.3, -0.25) is 14.4 Å². The fourth-order valence-electron chi connectivity index (χ4n) is 6.69. The van der Waals surface area contributed by atoms with Crippen molar-refractivity contribution in [1.82, 2.24) is 15.5 Å². The lowest BCUT2D eigenvalue weighted by Gasteiger charge is -2.35. The lowest BCUT2D eigenvalue weighted by atomic mass is 9.66. The first-order valence-corrected chi connectivity index (χ1v) is 14.9. The van der Waals surface area contributed by atoms with Crippen molar-refractivity contribution in [3.63, 3.8) is 0 Å². The molecule has 2 unspecified atom stereocenters. The van der Waals surface area contributed by atoms with Crippen LogP contribution in [-0.4, -0.2) is 63.0 Å². The summed E-state index contributed by atoms with van der Waals surface area (Å²) in [6, 6.07) is 9.28. The number of nitrogens with one attached hydrogen (secondary N) is 2. The lowest BCUT2D eigenvalue weighted by molar-refractivity contribution is -0.140. The number of hydrogen-bond donors (Lipinski definition) is 3. The lowest BCUT2D eigenvalue weighted by Crippen LogP contribution is -2.54. The molecule has 204 valence electrons. The number of aliphatic hydroxyl groups is 1. The van der Waals surface area contributed by atoms with Gasteiger partial charge in [0.1, 0.15) is 6.04 Å². The Hall–Kier alpha value is -2.06. The van der Waals surface area contributed by atoms with E-state index in [1.165, 1.54) is 0 Å². The van der Waals surface area contributed by atoms with Crippen LogP contribution in [-0.2, 0) is 20.9 Å². The molecule has 0 saturated carbocycles. The number of likely N-dealkylation sites (tertiary alicyclic amines) is 1. The number of benzene rings is 1. The van der Waals surface area contributed by atoms with Gasteiger partial charge >= 0.3 is 0 Å². The summed E-state index contributed by atoms with van der Waals surface area (Å²) in [7, 11) is 0. The maximum absolute atomic E-state index is 14.0. The minimum Gasteiger partial charge on any atom is -0.396 e.